The van der Waals surface area contributed by atoms with Gasteiger partial charge in [-0.1, -0.05) is 18.2 Å². The summed E-state index contributed by atoms with van der Waals surface area (Å²) in [5.41, 5.74) is 1.70. The summed E-state index contributed by atoms with van der Waals surface area (Å²) in [6.45, 7) is 0.970. The number of benzene rings is 2. The largest absolute Gasteiger partial charge is 0.486 e. The van der Waals surface area contributed by atoms with Crippen LogP contribution in [0.3, 0.4) is 0 Å². The quantitative estimate of drug-likeness (QED) is 0.730. The Kier molecular flexibility index (Phi) is 4.88. The van der Waals surface area contributed by atoms with Crippen molar-refractivity contribution >= 4 is 23.2 Å². The SMILES string of the molecule is O=C(Nc1ccc2c(c1)OCCO2)c1ccnc(C(=O)Nc2ccccc2)c1. The van der Waals surface area contributed by atoms with E-state index in [1.807, 2.05) is 18.2 Å². The Balaban J connectivity index is 1.47. The second-order valence-corrected chi connectivity index (χ2v) is 6.06. The first-order valence-electron chi connectivity index (χ1n) is 8.72. The van der Waals surface area contributed by atoms with Gasteiger partial charge >= 0.3 is 0 Å². The Morgan fingerprint density at radius 3 is 2.36 bits per heavy atom. The van der Waals surface area contributed by atoms with E-state index in [9.17, 15) is 9.59 Å². The average Bonchev–Trinajstić information content (AvgIpc) is 2.74. The van der Waals surface area contributed by atoms with E-state index in [-0.39, 0.29) is 17.5 Å². The first-order chi connectivity index (χ1) is 13.7. The molecule has 0 aliphatic carbocycles. The van der Waals surface area contributed by atoms with Gasteiger partial charge in [0, 0.05) is 29.2 Å². The molecule has 2 aromatic carbocycles. The number of nitrogens with one attached hydrogen (secondary N) is 2. The number of carbonyl (C=O) groups is 2. The van der Waals surface area contributed by atoms with Crippen LogP contribution in [0, 0.1) is 0 Å². The van der Waals surface area contributed by atoms with Crippen LogP contribution in [0.15, 0.2) is 66.9 Å². The van der Waals surface area contributed by atoms with Crippen LogP contribution in [0.5, 0.6) is 11.5 Å². The molecule has 0 saturated carbocycles. The van der Waals surface area contributed by atoms with Crippen molar-refractivity contribution in [1.82, 2.24) is 4.98 Å². The summed E-state index contributed by atoms with van der Waals surface area (Å²) in [5, 5.41) is 5.53. The highest BCUT2D eigenvalue weighted by atomic mass is 16.6. The Hall–Kier alpha value is -3.87. The fraction of sp³-hybridized carbons (Fsp3) is 0.0952. The average molecular weight is 375 g/mol. The molecule has 0 spiro atoms. The van der Waals surface area contributed by atoms with Gasteiger partial charge in [-0.3, -0.25) is 14.6 Å². The third-order valence-corrected chi connectivity index (χ3v) is 4.09. The van der Waals surface area contributed by atoms with E-state index < -0.39 is 0 Å². The molecule has 1 aliphatic heterocycles. The van der Waals surface area contributed by atoms with Crippen LogP contribution < -0.4 is 20.1 Å². The van der Waals surface area contributed by atoms with E-state index in [1.54, 1.807) is 36.4 Å². The molecule has 7 nitrogen and oxygen atoms in total. The molecular formula is C21H17N3O4. The third-order valence-electron chi connectivity index (χ3n) is 4.09. The number of nitrogens with zero attached hydrogens (tertiary/aromatic N) is 1. The topological polar surface area (TPSA) is 89.6 Å². The molecule has 2 amide bonds. The third kappa shape index (κ3) is 3.93. The van der Waals surface area contributed by atoms with Crippen molar-refractivity contribution in [2.45, 2.75) is 0 Å². The number of ether oxygens (including phenoxy) is 2. The maximum absolute atomic E-state index is 12.6. The Labute approximate surface area is 161 Å². The van der Waals surface area contributed by atoms with E-state index in [2.05, 4.69) is 15.6 Å². The first-order valence-corrected chi connectivity index (χ1v) is 8.72. The monoisotopic (exact) mass is 375 g/mol. The van der Waals surface area contributed by atoms with Crippen molar-refractivity contribution in [3.05, 3.63) is 78.1 Å². The van der Waals surface area contributed by atoms with Crippen LogP contribution in [-0.2, 0) is 0 Å². The molecule has 7 heteroatoms. The molecule has 0 radical (unpaired) electrons. The van der Waals surface area contributed by atoms with E-state index >= 15 is 0 Å². The number of carbonyl (C=O) groups excluding carboxylic acids is 2. The number of hydrogen-bond acceptors (Lipinski definition) is 5. The van der Waals surface area contributed by atoms with E-state index in [4.69, 9.17) is 9.47 Å². The van der Waals surface area contributed by atoms with Crippen LogP contribution >= 0.6 is 0 Å². The van der Waals surface area contributed by atoms with Gasteiger partial charge in [-0.05, 0) is 36.4 Å². The zero-order chi connectivity index (χ0) is 19.3. The summed E-state index contributed by atoms with van der Waals surface area (Å²) in [4.78, 5) is 29.0. The lowest BCUT2D eigenvalue weighted by Crippen LogP contribution is -2.18. The summed E-state index contributed by atoms with van der Waals surface area (Å²) in [6, 6.07) is 17.2. The van der Waals surface area contributed by atoms with Gasteiger partial charge in [-0.25, -0.2) is 0 Å². The second-order valence-electron chi connectivity index (χ2n) is 6.06. The second kappa shape index (κ2) is 7.79. The van der Waals surface area contributed by atoms with Crippen molar-refractivity contribution < 1.29 is 19.1 Å². The normalized spacial score (nSPS) is 12.1. The molecule has 0 bridgehead atoms. The molecular weight excluding hydrogens is 358 g/mol. The standard InChI is InChI=1S/C21H17N3O4/c25-20(24-16-6-7-18-19(13-16)28-11-10-27-18)14-8-9-22-17(12-14)21(26)23-15-4-2-1-3-5-15/h1-9,12-13H,10-11H2,(H,23,26)(H,24,25). The fourth-order valence-corrected chi connectivity index (χ4v) is 2.74. The lowest BCUT2D eigenvalue weighted by molar-refractivity contribution is 0.102. The highest BCUT2D eigenvalue weighted by Crippen LogP contribution is 2.32. The van der Waals surface area contributed by atoms with Crippen molar-refractivity contribution in [1.29, 1.82) is 0 Å². The number of amides is 2. The summed E-state index contributed by atoms with van der Waals surface area (Å²) >= 11 is 0. The van der Waals surface area contributed by atoms with Crippen molar-refractivity contribution in [2.24, 2.45) is 0 Å². The van der Waals surface area contributed by atoms with Crippen LogP contribution in [0.1, 0.15) is 20.8 Å². The molecule has 2 N–H and O–H groups in total. The molecule has 4 rings (SSSR count). The number of aromatic nitrogens is 1. The van der Waals surface area contributed by atoms with Gasteiger partial charge in [0.2, 0.25) is 0 Å². The Bertz CT molecular complexity index is 1020. The van der Waals surface area contributed by atoms with E-state index in [0.717, 1.165) is 0 Å². The van der Waals surface area contributed by atoms with Crippen molar-refractivity contribution in [2.75, 3.05) is 23.8 Å². The Morgan fingerprint density at radius 1 is 0.786 bits per heavy atom. The lowest BCUT2D eigenvalue weighted by atomic mass is 10.2. The van der Waals surface area contributed by atoms with Gasteiger partial charge in [0.25, 0.3) is 11.8 Å². The molecule has 0 saturated heterocycles. The van der Waals surface area contributed by atoms with Crippen LogP contribution in [-0.4, -0.2) is 30.0 Å². The first kappa shape index (κ1) is 17.5. The molecule has 140 valence electrons. The van der Waals surface area contributed by atoms with E-state index in [0.29, 0.717) is 41.7 Å². The molecule has 0 unspecified atom stereocenters. The summed E-state index contributed by atoms with van der Waals surface area (Å²) in [5.74, 6) is 0.489. The van der Waals surface area contributed by atoms with Crippen LogP contribution in [0.2, 0.25) is 0 Å². The summed E-state index contributed by atoms with van der Waals surface area (Å²) < 4.78 is 11.0. The molecule has 3 aromatic rings. The molecule has 1 aliphatic rings. The van der Waals surface area contributed by atoms with Gasteiger partial charge in [0.1, 0.15) is 18.9 Å². The van der Waals surface area contributed by atoms with Gasteiger partial charge in [-0.2, -0.15) is 0 Å². The number of pyridine rings is 1. The molecule has 28 heavy (non-hydrogen) atoms. The van der Waals surface area contributed by atoms with Crippen LogP contribution in [0.4, 0.5) is 11.4 Å². The van der Waals surface area contributed by atoms with Gasteiger partial charge < -0.3 is 20.1 Å². The lowest BCUT2D eigenvalue weighted by Gasteiger charge is -2.19. The number of anilines is 2. The van der Waals surface area contributed by atoms with Crippen molar-refractivity contribution in [3.8, 4) is 11.5 Å². The van der Waals surface area contributed by atoms with Crippen LogP contribution in [0.25, 0.3) is 0 Å². The zero-order valence-corrected chi connectivity index (χ0v) is 14.8. The molecule has 1 aromatic heterocycles. The predicted molar refractivity (Wildman–Crippen MR) is 104 cm³/mol. The van der Waals surface area contributed by atoms with Gasteiger partial charge in [-0.15, -0.1) is 0 Å². The van der Waals surface area contributed by atoms with Gasteiger partial charge in [0.15, 0.2) is 11.5 Å². The number of rotatable bonds is 4. The highest BCUT2D eigenvalue weighted by Gasteiger charge is 2.15. The number of hydrogen-bond donors (Lipinski definition) is 2. The summed E-state index contributed by atoms with van der Waals surface area (Å²) in [7, 11) is 0. The zero-order valence-electron chi connectivity index (χ0n) is 14.8. The molecule has 0 atom stereocenters. The molecule has 0 fully saturated rings. The smallest absolute Gasteiger partial charge is 0.274 e. The minimum Gasteiger partial charge on any atom is -0.486 e. The minimum absolute atomic E-state index is 0.152. The number of para-hydroxylation sites is 1. The number of fused-ring (bicyclic) bond motifs is 1. The van der Waals surface area contributed by atoms with Gasteiger partial charge in [0.05, 0.1) is 0 Å². The minimum atomic E-state index is -0.389. The maximum atomic E-state index is 12.6. The van der Waals surface area contributed by atoms with E-state index in [1.165, 1.54) is 12.3 Å². The highest BCUT2D eigenvalue weighted by molar-refractivity contribution is 6.07. The molecule has 2 heterocycles. The predicted octanol–water partition coefficient (Wildman–Crippen LogP) is 3.36. The fourth-order valence-electron chi connectivity index (χ4n) is 2.74. The Morgan fingerprint density at radius 2 is 1.54 bits per heavy atom. The summed E-state index contributed by atoms with van der Waals surface area (Å²) in [6.07, 6.45) is 1.43. The van der Waals surface area contributed by atoms with Crippen molar-refractivity contribution in [3.63, 3.8) is 0 Å². The maximum Gasteiger partial charge on any atom is 0.274 e.